The normalized spacial score (nSPS) is 15.9. The molecule has 0 radical (unpaired) electrons. The van der Waals surface area contributed by atoms with Crippen LogP contribution in [0.2, 0.25) is 0 Å². The van der Waals surface area contributed by atoms with Crippen LogP contribution < -0.4 is 0 Å². The second-order valence-electron chi connectivity index (χ2n) is 8.83. The zero-order chi connectivity index (χ0) is 31.4. The van der Waals surface area contributed by atoms with Crippen molar-refractivity contribution >= 4 is 11.6 Å². The van der Waals surface area contributed by atoms with E-state index in [1.807, 2.05) is 84.9 Å². The van der Waals surface area contributed by atoms with Gasteiger partial charge in [-0.05, 0) is 56.9 Å². The number of amides is 1. The standard InChI is InChI=1S/C31H40N4O2.2C2H6/c1-8-12-13-17-25(10-3)28(11-4)37-24(7)31(36)35-19-18-27-29(34-21-33-27)30(35)26(32)20-23(6)16-14-15-22(5)9-2;2*1-2/h8,11-17,20-21,30,32H,1,7,9-10,18-19H2,2-6H3,(H,33,34);2*1-2H3/b13-12-,16-14-,22-15-,23-20+,25-17+,28-11?,32-26?;;. The maximum atomic E-state index is 13.6. The summed E-state index contributed by atoms with van der Waals surface area (Å²) in [6.45, 7) is 26.1. The predicted octanol–water partition coefficient (Wildman–Crippen LogP) is 9.28. The summed E-state index contributed by atoms with van der Waals surface area (Å²) in [7, 11) is 0. The number of hydrogen-bond donors (Lipinski definition) is 2. The number of imidazole rings is 1. The van der Waals surface area contributed by atoms with Crippen LogP contribution in [0.25, 0.3) is 0 Å². The molecule has 6 heteroatoms. The van der Waals surface area contributed by atoms with E-state index in [4.69, 9.17) is 10.1 Å². The van der Waals surface area contributed by atoms with Gasteiger partial charge in [-0.3, -0.25) is 4.79 Å². The highest BCUT2D eigenvalue weighted by molar-refractivity contribution is 6.02. The van der Waals surface area contributed by atoms with Gasteiger partial charge in [-0.25, -0.2) is 4.98 Å². The molecule has 1 aliphatic rings. The third-order valence-corrected chi connectivity index (χ3v) is 6.14. The van der Waals surface area contributed by atoms with Crippen LogP contribution in [0.3, 0.4) is 0 Å². The second-order valence-corrected chi connectivity index (χ2v) is 8.83. The minimum atomic E-state index is -0.634. The highest BCUT2D eigenvalue weighted by atomic mass is 16.5. The molecular weight excluding hydrogens is 508 g/mol. The van der Waals surface area contributed by atoms with Gasteiger partial charge < -0.3 is 20.0 Å². The minimum absolute atomic E-state index is 0.0118. The Hall–Kier alpha value is -3.93. The van der Waals surface area contributed by atoms with Gasteiger partial charge in [-0.2, -0.15) is 0 Å². The Morgan fingerprint density at radius 1 is 1.15 bits per heavy atom. The first kappa shape index (κ1) is 37.1. The summed E-state index contributed by atoms with van der Waals surface area (Å²) in [6.07, 6.45) is 20.9. The second kappa shape index (κ2) is 20.9. The van der Waals surface area contributed by atoms with Crippen LogP contribution in [0, 0.1) is 5.41 Å². The fourth-order valence-corrected chi connectivity index (χ4v) is 3.94. The van der Waals surface area contributed by atoms with Crippen LogP contribution in [0.1, 0.15) is 92.6 Å². The van der Waals surface area contributed by atoms with E-state index in [9.17, 15) is 4.79 Å². The third-order valence-electron chi connectivity index (χ3n) is 6.14. The predicted molar refractivity (Wildman–Crippen MR) is 176 cm³/mol. The van der Waals surface area contributed by atoms with Crippen molar-refractivity contribution in [2.24, 2.45) is 0 Å². The van der Waals surface area contributed by atoms with Crippen molar-refractivity contribution in [1.29, 1.82) is 5.41 Å². The van der Waals surface area contributed by atoms with E-state index in [2.05, 4.69) is 43.0 Å². The van der Waals surface area contributed by atoms with Crippen molar-refractivity contribution in [2.45, 2.75) is 87.6 Å². The lowest BCUT2D eigenvalue weighted by atomic mass is 9.96. The van der Waals surface area contributed by atoms with E-state index in [1.54, 1.807) is 23.4 Å². The third kappa shape index (κ3) is 11.6. The highest BCUT2D eigenvalue weighted by Gasteiger charge is 2.36. The van der Waals surface area contributed by atoms with Gasteiger partial charge in [0, 0.05) is 18.7 Å². The number of nitrogens with zero attached hydrogens (tertiary/aromatic N) is 2. The van der Waals surface area contributed by atoms with Crippen molar-refractivity contribution in [2.75, 3.05) is 6.54 Å². The van der Waals surface area contributed by atoms with Crippen molar-refractivity contribution in [3.63, 3.8) is 0 Å². The molecule has 1 atom stereocenters. The van der Waals surface area contributed by atoms with Gasteiger partial charge in [0.05, 0.1) is 17.7 Å². The summed E-state index contributed by atoms with van der Waals surface area (Å²) < 4.78 is 5.98. The maximum absolute atomic E-state index is 13.6. The van der Waals surface area contributed by atoms with Crippen LogP contribution in [-0.2, 0) is 16.0 Å². The highest BCUT2D eigenvalue weighted by Crippen LogP contribution is 2.31. The topological polar surface area (TPSA) is 82.1 Å². The Kier molecular flexibility index (Phi) is 18.9. The molecule has 2 heterocycles. The van der Waals surface area contributed by atoms with Crippen molar-refractivity contribution in [3.8, 4) is 0 Å². The summed E-state index contributed by atoms with van der Waals surface area (Å²) in [6, 6.07) is -0.634. The average molecular weight is 561 g/mol. The summed E-state index contributed by atoms with van der Waals surface area (Å²) in [4.78, 5) is 22.8. The van der Waals surface area contributed by atoms with Gasteiger partial charge in [0.15, 0.2) is 5.76 Å². The van der Waals surface area contributed by atoms with E-state index in [1.165, 1.54) is 5.57 Å². The molecule has 224 valence electrons. The molecule has 0 aromatic carbocycles. The molecular formula is C35H52N4O2. The fraction of sp³-hybridized carbons (Fsp3) is 0.400. The molecule has 0 fully saturated rings. The van der Waals surface area contributed by atoms with Gasteiger partial charge in [0.2, 0.25) is 0 Å². The number of ether oxygens (including phenoxy) is 1. The number of fused-ring (bicyclic) bond motifs is 1. The molecule has 0 bridgehead atoms. The first-order chi connectivity index (χ1) is 19.8. The number of carbonyl (C=O) groups excluding carboxylic acids is 1. The molecule has 2 rings (SSSR count). The lowest BCUT2D eigenvalue weighted by molar-refractivity contribution is -0.131. The number of aromatic nitrogens is 2. The summed E-state index contributed by atoms with van der Waals surface area (Å²) in [5, 5.41) is 8.89. The molecule has 0 saturated carbocycles. The molecule has 0 spiro atoms. The Bertz CT molecular complexity index is 1190. The largest absolute Gasteiger partial charge is 0.452 e. The summed E-state index contributed by atoms with van der Waals surface area (Å²) in [5.41, 5.74) is 5.03. The molecule has 0 saturated heterocycles. The van der Waals surface area contributed by atoms with Gasteiger partial charge in [0.25, 0.3) is 5.91 Å². The van der Waals surface area contributed by atoms with Gasteiger partial charge in [0.1, 0.15) is 11.8 Å². The first-order valence-electron chi connectivity index (χ1n) is 14.7. The molecule has 2 N–H and O–H groups in total. The van der Waals surface area contributed by atoms with E-state index in [0.717, 1.165) is 29.7 Å². The fourth-order valence-electron chi connectivity index (χ4n) is 3.94. The first-order valence-corrected chi connectivity index (χ1v) is 14.7. The molecule has 6 nitrogen and oxygen atoms in total. The van der Waals surface area contributed by atoms with Crippen molar-refractivity contribution in [1.82, 2.24) is 14.9 Å². The van der Waals surface area contributed by atoms with Crippen LogP contribution in [0.5, 0.6) is 0 Å². The number of rotatable bonds is 12. The van der Waals surface area contributed by atoms with Crippen LogP contribution in [0.15, 0.2) is 102 Å². The Morgan fingerprint density at radius 3 is 2.41 bits per heavy atom. The number of carbonyl (C=O) groups is 1. The molecule has 0 aliphatic carbocycles. The van der Waals surface area contributed by atoms with E-state index in [0.29, 0.717) is 24.4 Å². The van der Waals surface area contributed by atoms with Crippen molar-refractivity contribution < 1.29 is 9.53 Å². The lowest BCUT2D eigenvalue weighted by Crippen LogP contribution is -2.44. The molecule has 1 unspecified atom stereocenters. The van der Waals surface area contributed by atoms with Crippen LogP contribution in [0.4, 0.5) is 0 Å². The number of hydrogen-bond acceptors (Lipinski definition) is 4. The summed E-state index contributed by atoms with van der Waals surface area (Å²) in [5.74, 6) is 0.232. The SMILES string of the molecule is C=C/C=C\C=C(/CC)C(=CC)OC(=C)C(=O)N1CCc2[nH]cnc2C1C(=N)/C=C(C)/C=C\C=C(\C)CC.CC.CC. The van der Waals surface area contributed by atoms with Crippen LogP contribution in [-0.4, -0.2) is 33.0 Å². The molecule has 1 aromatic rings. The van der Waals surface area contributed by atoms with E-state index < -0.39 is 6.04 Å². The number of H-pyrrole nitrogens is 1. The van der Waals surface area contributed by atoms with E-state index >= 15 is 0 Å². The zero-order valence-electron chi connectivity index (χ0n) is 26.8. The molecule has 1 amide bonds. The molecule has 41 heavy (non-hydrogen) atoms. The monoisotopic (exact) mass is 560 g/mol. The lowest BCUT2D eigenvalue weighted by Gasteiger charge is -2.35. The zero-order valence-corrected chi connectivity index (χ0v) is 26.8. The molecule has 1 aromatic heterocycles. The van der Waals surface area contributed by atoms with Gasteiger partial charge in [-0.15, -0.1) is 0 Å². The number of aromatic amines is 1. The average Bonchev–Trinajstić information content (AvgIpc) is 3.48. The number of nitrogens with one attached hydrogen (secondary N) is 2. The summed E-state index contributed by atoms with van der Waals surface area (Å²) >= 11 is 0. The van der Waals surface area contributed by atoms with Crippen LogP contribution >= 0.6 is 0 Å². The quantitative estimate of drug-likeness (QED) is 0.116. The Balaban J connectivity index is 0.00000382. The van der Waals surface area contributed by atoms with E-state index in [-0.39, 0.29) is 17.4 Å². The Labute approximate surface area is 249 Å². The van der Waals surface area contributed by atoms with Gasteiger partial charge >= 0.3 is 0 Å². The maximum Gasteiger partial charge on any atom is 0.289 e. The molecule has 1 aliphatic heterocycles. The smallest absolute Gasteiger partial charge is 0.289 e. The van der Waals surface area contributed by atoms with Gasteiger partial charge in [-0.1, -0.05) is 103 Å². The Morgan fingerprint density at radius 2 is 1.83 bits per heavy atom. The number of allylic oxidation sites excluding steroid dienone is 11. The minimum Gasteiger partial charge on any atom is -0.452 e. The van der Waals surface area contributed by atoms with Crippen molar-refractivity contribution in [3.05, 3.63) is 114 Å².